The van der Waals surface area contributed by atoms with Gasteiger partial charge in [0.05, 0.1) is 13.7 Å². The van der Waals surface area contributed by atoms with Gasteiger partial charge in [-0.2, -0.15) is 10.6 Å². The summed E-state index contributed by atoms with van der Waals surface area (Å²) < 4.78 is 0. The van der Waals surface area contributed by atoms with E-state index in [9.17, 15) is 4.79 Å². The predicted molar refractivity (Wildman–Crippen MR) is 66.6 cm³/mol. The largest absolute Gasteiger partial charge is 0.367 e. The van der Waals surface area contributed by atoms with Gasteiger partial charge >= 0.3 is 0 Å². The van der Waals surface area contributed by atoms with E-state index in [1.165, 1.54) is 7.11 Å². The minimum Gasteiger partial charge on any atom is -0.367 e. The molecule has 0 aliphatic carbocycles. The van der Waals surface area contributed by atoms with Gasteiger partial charge in [0.2, 0.25) is 0 Å². The average Bonchev–Trinajstić information content (AvgIpc) is 2.22. The van der Waals surface area contributed by atoms with Crippen molar-refractivity contribution in [3.8, 4) is 0 Å². The Morgan fingerprint density at radius 3 is 2.31 bits per heavy atom. The first-order valence-electron chi connectivity index (χ1n) is 4.97. The van der Waals surface area contributed by atoms with Crippen LogP contribution in [0.5, 0.6) is 0 Å². The first-order valence-corrected chi connectivity index (χ1v) is 4.97. The summed E-state index contributed by atoms with van der Waals surface area (Å²) in [4.78, 5) is 15.6. The van der Waals surface area contributed by atoms with Gasteiger partial charge in [-0.05, 0) is 5.92 Å². The highest BCUT2D eigenvalue weighted by molar-refractivity contribution is 5.61. The lowest BCUT2D eigenvalue weighted by Crippen LogP contribution is -2.13. The van der Waals surface area contributed by atoms with Crippen molar-refractivity contribution in [1.82, 2.24) is 10.4 Å². The second-order valence-electron chi connectivity index (χ2n) is 3.42. The second kappa shape index (κ2) is 13.7. The normalized spacial score (nSPS) is 10.6. The molecule has 16 heavy (non-hydrogen) atoms. The average molecular weight is 230 g/mol. The number of carbonyl (C=O) groups is 1. The molecular formula is C10H22N4O2. The van der Waals surface area contributed by atoms with E-state index >= 15 is 0 Å². The van der Waals surface area contributed by atoms with Crippen molar-refractivity contribution < 1.29 is 9.63 Å². The van der Waals surface area contributed by atoms with Crippen molar-refractivity contribution in [3.63, 3.8) is 0 Å². The molecular weight excluding hydrogens is 208 g/mol. The summed E-state index contributed by atoms with van der Waals surface area (Å²) in [5.74, 6) is 0.472. The first-order chi connectivity index (χ1) is 7.54. The lowest BCUT2D eigenvalue weighted by molar-refractivity contribution is -0.108. The lowest BCUT2D eigenvalue weighted by Gasteiger charge is -1.98. The zero-order valence-corrected chi connectivity index (χ0v) is 10.7. The third-order valence-electron chi connectivity index (χ3n) is 1.03. The summed E-state index contributed by atoms with van der Waals surface area (Å²) in [7, 11) is 5.28. The molecule has 0 aliphatic heterocycles. The van der Waals surface area contributed by atoms with Crippen LogP contribution in [0.4, 0.5) is 0 Å². The molecule has 0 heterocycles. The van der Waals surface area contributed by atoms with Crippen molar-refractivity contribution in [2.24, 2.45) is 16.1 Å². The quantitative estimate of drug-likeness (QED) is 0.238. The summed E-state index contributed by atoms with van der Waals surface area (Å²) in [6, 6.07) is 0. The van der Waals surface area contributed by atoms with Crippen LogP contribution in [-0.4, -0.2) is 51.5 Å². The van der Waals surface area contributed by atoms with E-state index in [4.69, 9.17) is 0 Å². The molecule has 94 valence electrons. The summed E-state index contributed by atoms with van der Waals surface area (Å²) >= 11 is 0. The Morgan fingerprint density at radius 1 is 1.38 bits per heavy atom. The Kier molecular flexibility index (Phi) is 14.7. The predicted octanol–water partition coefficient (Wildman–Crippen LogP) is 0.554. The van der Waals surface area contributed by atoms with Crippen LogP contribution in [0.3, 0.4) is 0 Å². The zero-order chi connectivity index (χ0) is 12.8. The van der Waals surface area contributed by atoms with E-state index in [0.717, 1.165) is 6.29 Å². The van der Waals surface area contributed by atoms with Gasteiger partial charge < -0.3 is 14.5 Å². The highest BCUT2D eigenvalue weighted by atomic mass is 16.6. The molecule has 0 aromatic heterocycles. The van der Waals surface area contributed by atoms with Crippen LogP contribution < -0.4 is 5.48 Å². The molecule has 0 aliphatic rings. The number of hydrogen-bond donors (Lipinski definition) is 1. The summed E-state index contributed by atoms with van der Waals surface area (Å²) in [5.41, 5.74) is 2.33. The molecule has 0 aromatic rings. The zero-order valence-electron chi connectivity index (χ0n) is 10.7. The van der Waals surface area contributed by atoms with Crippen LogP contribution in [0.2, 0.25) is 0 Å². The summed E-state index contributed by atoms with van der Waals surface area (Å²) in [6.07, 6.45) is 4.20. The maximum Gasteiger partial charge on any atom is 0.136 e. The number of nitrogens with one attached hydrogen (secondary N) is 1. The fourth-order valence-corrected chi connectivity index (χ4v) is 0.422. The van der Waals surface area contributed by atoms with Gasteiger partial charge in [0.25, 0.3) is 0 Å². The van der Waals surface area contributed by atoms with Gasteiger partial charge in [0.15, 0.2) is 0 Å². The Labute approximate surface area is 97.3 Å². The van der Waals surface area contributed by atoms with Gasteiger partial charge in [-0.15, -0.1) is 5.10 Å². The lowest BCUT2D eigenvalue weighted by atomic mass is 10.3. The summed E-state index contributed by atoms with van der Waals surface area (Å²) in [6.45, 7) is 4.39. The molecule has 0 spiro atoms. The van der Waals surface area contributed by atoms with Crippen molar-refractivity contribution in [2.45, 2.75) is 13.8 Å². The molecule has 0 amide bonds. The fourth-order valence-electron chi connectivity index (χ4n) is 0.422. The molecule has 0 atom stereocenters. The third-order valence-corrected chi connectivity index (χ3v) is 1.03. The van der Waals surface area contributed by atoms with Gasteiger partial charge in [0.1, 0.15) is 12.6 Å². The number of carbonyl (C=O) groups excluding carboxylic acids is 1. The number of hydrogen-bond acceptors (Lipinski definition) is 5. The smallest absolute Gasteiger partial charge is 0.136 e. The molecule has 0 aromatic carbocycles. The molecule has 0 bridgehead atoms. The molecule has 1 N–H and O–H groups in total. The Bertz CT molecular complexity index is 187. The highest BCUT2D eigenvalue weighted by Gasteiger charge is 1.81. The van der Waals surface area contributed by atoms with E-state index in [1.54, 1.807) is 12.6 Å². The van der Waals surface area contributed by atoms with E-state index in [2.05, 4.69) is 34.4 Å². The SMILES string of the molecule is CC(C)/C=N/N=C/N(C)C.CONCC=O. The van der Waals surface area contributed by atoms with Crippen LogP contribution in [0.15, 0.2) is 10.2 Å². The van der Waals surface area contributed by atoms with Crippen molar-refractivity contribution in [3.05, 3.63) is 0 Å². The minimum atomic E-state index is 0.260. The molecule has 0 fully saturated rings. The number of hydroxylamine groups is 1. The monoisotopic (exact) mass is 230 g/mol. The molecule has 6 heteroatoms. The summed E-state index contributed by atoms with van der Waals surface area (Å²) in [5, 5.41) is 7.60. The molecule has 0 rings (SSSR count). The Balaban J connectivity index is 0. The number of aldehydes is 1. The van der Waals surface area contributed by atoms with Gasteiger partial charge in [0, 0.05) is 20.3 Å². The third kappa shape index (κ3) is 23.0. The molecule has 0 saturated heterocycles. The van der Waals surface area contributed by atoms with Gasteiger partial charge in [-0.1, -0.05) is 13.8 Å². The Morgan fingerprint density at radius 2 is 2.00 bits per heavy atom. The molecule has 6 nitrogen and oxygen atoms in total. The van der Waals surface area contributed by atoms with Crippen molar-refractivity contribution in [1.29, 1.82) is 0 Å². The molecule has 0 radical (unpaired) electrons. The maximum absolute atomic E-state index is 9.42. The van der Waals surface area contributed by atoms with Gasteiger partial charge in [-0.3, -0.25) is 0 Å². The van der Waals surface area contributed by atoms with E-state index in [1.807, 2.05) is 19.0 Å². The van der Waals surface area contributed by atoms with Crippen LogP contribution in [-0.2, 0) is 9.63 Å². The Hall–Kier alpha value is -1.27. The van der Waals surface area contributed by atoms with Crippen LogP contribution >= 0.6 is 0 Å². The number of nitrogens with zero attached hydrogens (tertiary/aromatic N) is 3. The fraction of sp³-hybridized carbons (Fsp3) is 0.700. The molecule has 0 saturated carbocycles. The maximum atomic E-state index is 9.42. The van der Waals surface area contributed by atoms with Gasteiger partial charge in [-0.25, -0.2) is 0 Å². The van der Waals surface area contributed by atoms with Crippen molar-refractivity contribution >= 4 is 18.8 Å². The second-order valence-corrected chi connectivity index (χ2v) is 3.42. The highest BCUT2D eigenvalue weighted by Crippen LogP contribution is 1.84. The van der Waals surface area contributed by atoms with Crippen LogP contribution in [0.25, 0.3) is 0 Å². The van der Waals surface area contributed by atoms with Crippen LogP contribution in [0, 0.1) is 5.92 Å². The topological polar surface area (TPSA) is 66.3 Å². The number of rotatable bonds is 6. The minimum absolute atomic E-state index is 0.260. The van der Waals surface area contributed by atoms with E-state index in [-0.39, 0.29) is 6.54 Å². The van der Waals surface area contributed by atoms with Crippen LogP contribution in [0.1, 0.15) is 13.8 Å². The molecule has 0 unspecified atom stereocenters. The van der Waals surface area contributed by atoms with E-state index in [0.29, 0.717) is 5.92 Å². The first kappa shape index (κ1) is 17.1. The van der Waals surface area contributed by atoms with E-state index < -0.39 is 0 Å². The van der Waals surface area contributed by atoms with Crippen molar-refractivity contribution in [2.75, 3.05) is 27.7 Å². The standard InChI is InChI=1S/C7H15N3.C3H7NO2/c1-7(2)5-8-9-6-10(3)4;1-6-4-2-3-5/h5-7H,1-4H3;3-4H,2H2,1H3/b8-5+,9-6+;.